The Morgan fingerprint density at radius 3 is 2.50 bits per heavy atom. The molecule has 36 heavy (non-hydrogen) atoms. The maximum absolute atomic E-state index is 12.4. The number of carbonyl (C=O) groups excluding carboxylic acids is 1. The topological polar surface area (TPSA) is 56.2 Å². The third-order valence-electron chi connectivity index (χ3n) is 6.48. The van der Waals surface area contributed by atoms with Crippen LogP contribution in [0, 0.1) is 13.8 Å². The Bertz CT molecular complexity index is 1310. The van der Waals surface area contributed by atoms with Gasteiger partial charge in [-0.15, -0.1) is 0 Å². The van der Waals surface area contributed by atoms with Crippen LogP contribution in [-0.4, -0.2) is 28.6 Å². The Morgan fingerprint density at radius 1 is 0.972 bits per heavy atom. The van der Waals surface area contributed by atoms with E-state index in [0.717, 1.165) is 54.0 Å². The fraction of sp³-hybridized carbons (Fsp3) is 0.355. The van der Waals surface area contributed by atoms with E-state index in [0.29, 0.717) is 24.6 Å². The number of fused-ring (bicyclic) bond motifs is 1. The molecule has 188 valence electrons. The maximum Gasteiger partial charge on any atom is 0.251 e. The van der Waals surface area contributed by atoms with Gasteiger partial charge in [0.1, 0.15) is 11.6 Å². The van der Waals surface area contributed by atoms with E-state index in [1.54, 1.807) is 0 Å². The first-order valence-corrected chi connectivity index (χ1v) is 12.9. The molecule has 0 radical (unpaired) electrons. The number of nitrogens with one attached hydrogen (secondary N) is 1. The van der Waals surface area contributed by atoms with Crippen LogP contribution in [0.3, 0.4) is 0 Å². The van der Waals surface area contributed by atoms with Crippen molar-refractivity contribution in [2.45, 2.75) is 59.4 Å². The molecule has 1 heterocycles. The molecule has 1 aromatic heterocycles. The molecule has 0 fully saturated rings. The van der Waals surface area contributed by atoms with E-state index in [4.69, 9.17) is 9.72 Å². The highest BCUT2D eigenvalue weighted by Crippen LogP contribution is 2.27. The lowest BCUT2D eigenvalue weighted by Gasteiger charge is -2.15. The number of benzene rings is 3. The van der Waals surface area contributed by atoms with Gasteiger partial charge >= 0.3 is 0 Å². The molecule has 5 nitrogen and oxygen atoms in total. The summed E-state index contributed by atoms with van der Waals surface area (Å²) in [5, 5.41) is 3.04. The molecule has 0 bridgehead atoms. The van der Waals surface area contributed by atoms with Crippen LogP contribution in [0.25, 0.3) is 11.0 Å². The standard InChI is InChI=1S/C31H37N3O2/c1-22(2)26-17-14-24(4)21-29(26)36-20-8-19-34-28-10-6-5-9-27(28)33-30(34)11-7-18-32-31(35)25-15-12-23(3)13-16-25/h5-6,9-10,12-17,21-22H,7-8,11,18-20H2,1-4H3,(H,32,35). The fourth-order valence-electron chi connectivity index (χ4n) is 4.47. The van der Waals surface area contributed by atoms with Crippen LogP contribution < -0.4 is 10.1 Å². The number of nitrogens with zero attached hydrogens (tertiary/aromatic N) is 2. The highest BCUT2D eigenvalue weighted by atomic mass is 16.5. The molecular formula is C31H37N3O2. The molecule has 4 rings (SSSR count). The monoisotopic (exact) mass is 483 g/mol. The van der Waals surface area contributed by atoms with Gasteiger partial charge in [0.25, 0.3) is 5.91 Å². The number of hydrogen-bond donors (Lipinski definition) is 1. The Labute approximate surface area is 214 Å². The quantitative estimate of drug-likeness (QED) is 0.244. The van der Waals surface area contributed by atoms with Gasteiger partial charge in [0.15, 0.2) is 0 Å². The second-order valence-corrected chi connectivity index (χ2v) is 9.79. The first kappa shape index (κ1) is 25.5. The average Bonchev–Trinajstić information content (AvgIpc) is 3.22. The van der Waals surface area contributed by atoms with Gasteiger partial charge in [-0.1, -0.05) is 55.8 Å². The van der Waals surface area contributed by atoms with Crippen LogP contribution in [0.15, 0.2) is 66.7 Å². The number of amides is 1. The number of hydrogen-bond acceptors (Lipinski definition) is 3. The lowest BCUT2D eigenvalue weighted by atomic mass is 10.0. The average molecular weight is 484 g/mol. The minimum absolute atomic E-state index is 0.0300. The van der Waals surface area contributed by atoms with Crippen molar-refractivity contribution in [2.24, 2.45) is 0 Å². The summed E-state index contributed by atoms with van der Waals surface area (Å²) in [5.41, 5.74) is 6.47. The van der Waals surface area contributed by atoms with Gasteiger partial charge < -0.3 is 14.6 Å². The summed E-state index contributed by atoms with van der Waals surface area (Å²) in [5.74, 6) is 2.44. The van der Waals surface area contributed by atoms with Crippen molar-refractivity contribution < 1.29 is 9.53 Å². The normalized spacial score (nSPS) is 11.2. The van der Waals surface area contributed by atoms with Gasteiger partial charge in [-0.25, -0.2) is 4.98 Å². The summed E-state index contributed by atoms with van der Waals surface area (Å²) in [4.78, 5) is 17.3. The van der Waals surface area contributed by atoms with Crippen LogP contribution in [-0.2, 0) is 13.0 Å². The number of aryl methyl sites for hydroxylation is 4. The lowest BCUT2D eigenvalue weighted by Crippen LogP contribution is -2.25. The van der Waals surface area contributed by atoms with Crippen molar-refractivity contribution in [3.63, 3.8) is 0 Å². The second-order valence-electron chi connectivity index (χ2n) is 9.79. The van der Waals surface area contributed by atoms with Crippen LogP contribution in [0.1, 0.15) is 65.5 Å². The van der Waals surface area contributed by atoms with Gasteiger partial charge in [-0.3, -0.25) is 4.79 Å². The number of aromatic nitrogens is 2. The summed E-state index contributed by atoms with van der Waals surface area (Å²) in [6.45, 7) is 10.6. The van der Waals surface area contributed by atoms with E-state index in [1.807, 2.05) is 37.3 Å². The molecule has 0 saturated heterocycles. The first-order valence-electron chi connectivity index (χ1n) is 12.9. The van der Waals surface area contributed by atoms with Crippen molar-refractivity contribution in [1.29, 1.82) is 0 Å². The zero-order chi connectivity index (χ0) is 25.5. The predicted molar refractivity (Wildman–Crippen MR) is 147 cm³/mol. The van der Waals surface area contributed by atoms with Gasteiger partial charge in [-0.05, 0) is 74.1 Å². The highest BCUT2D eigenvalue weighted by Gasteiger charge is 2.12. The van der Waals surface area contributed by atoms with E-state index >= 15 is 0 Å². The minimum Gasteiger partial charge on any atom is -0.493 e. The molecule has 1 amide bonds. The zero-order valence-corrected chi connectivity index (χ0v) is 21.9. The van der Waals surface area contributed by atoms with Gasteiger partial charge in [0.05, 0.1) is 17.6 Å². The van der Waals surface area contributed by atoms with Crippen molar-refractivity contribution >= 4 is 16.9 Å². The molecule has 0 aliphatic heterocycles. The second kappa shape index (κ2) is 11.9. The highest BCUT2D eigenvalue weighted by molar-refractivity contribution is 5.94. The van der Waals surface area contributed by atoms with Crippen LogP contribution in [0.5, 0.6) is 5.75 Å². The molecule has 0 aliphatic carbocycles. The smallest absolute Gasteiger partial charge is 0.251 e. The summed E-state index contributed by atoms with van der Waals surface area (Å²) >= 11 is 0. The predicted octanol–water partition coefficient (Wildman–Crippen LogP) is 6.61. The molecule has 0 aliphatic rings. The third kappa shape index (κ3) is 6.34. The number of rotatable bonds is 11. The van der Waals surface area contributed by atoms with Crippen molar-refractivity contribution in [2.75, 3.05) is 13.2 Å². The van der Waals surface area contributed by atoms with Crippen LogP contribution in [0.2, 0.25) is 0 Å². The molecule has 0 spiro atoms. The summed E-state index contributed by atoms with van der Waals surface area (Å²) in [6.07, 6.45) is 2.53. The molecule has 1 N–H and O–H groups in total. The van der Waals surface area contributed by atoms with Crippen LogP contribution in [0.4, 0.5) is 0 Å². The Kier molecular flexibility index (Phi) is 8.42. The fourth-order valence-corrected chi connectivity index (χ4v) is 4.47. The Morgan fingerprint density at radius 2 is 1.72 bits per heavy atom. The Hall–Kier alpha value is -3.60. The maximum atomic E-state index is 12.4. The first-order chi connectivity index (χ1) is 17.4. The molecule has 4 aromatic rings. The molecule has 3 aromatic carbocycles. The molecule has 0 atom stereocenters. The number of ether oxygens (including phenoxy) is 1. The van der Waals surface area contributed by atoms with E-state index in [2.05, 4.69) is 67.1 Å². The molecular weight excluding hydrogens is 446 g/mol. The van der Waals surface area contributed by atoms with Crippen molar-refractivity contribution in [1.82, 2.24) is 14.9 Å². The molecule has 0 unspecified atom stereocenters. The summed E-state index contributed by atoms with van der Waals surface area (Å²) in [7, 11) is 0. The van der Waals surface area contributed by atoms with Gasteiger partial charge in [-0.2, -0.15) is 0 Å². The number of para-hydroxylation sites is 2. The molecule has 0 saturated carbocycles. The lowest BCUT2D eigenvalue weighted by molar-refractivity contribution is 0.0953. The van der Waals surface area contributed by atoms with Gasteiger partial charge in [0.2, 0.25) is 0 Å². The van der Waals surface area contributed by atoms with Crippen LogP contribution >= 0.6 is 0 Å². The van der Waals surface area contributed by atoms with Crippen molar-refractivity contribution in [3.05, 3.63) is 94.8 Å². The Balaban J connectivity index is 1.35. The molecule has 5 heteroatoms. The number of imidazole rings is 1. The summed E-state index contributed by atoms with van der Waals surface area (Å²) in [6, 6.07) is 22.4. The van der Waals surface area contributed by atoms with Crippen molar-refractivity contribution in [3.8, 4) is 5.75 Å². The van der Waals surface area contributed by atoms with Gasteiger partial charge in [0, 0.05) is 25.1 Å². The zero-order valence-electron chi connectivity index (χ0n) is 21.9. The SMILES string of the molecule is Cc1ccc(C(=O)NCCCc2nc3ccccc3n2CCCOc2cc(C)ccc2C(C)C)cc1. The summed E-state index contributed by atoms with van der Waals surface area (Å²) < 4.78 is 8.53. The van der Waals surface area contributed by atoms with E-state index in [9.17, 15) is 4.79 Å². The van der Waals surface area contributed by atoms with E-state index in [-0.39, 0.29) is 5.91 Å². The largest absolute Gasteiger partial charge is 0.493 e. The van der Waals surface area contributed by atoms with E-state index < -0.39 is 0 Å². The minimum atomic E-state index is -0.0300. The third-order valence-corrected chi connectivity index (χ3v) is 6.48. The number of carbonyl (C=O) groups is 1. The van der Waals surface area contributed by atoms with E-state index in [1.165, 1.54) is 11.1 Å².